The lowest BCUT2D eigenvalue weighted by Crippen LogP contribution is -2.48. The molecule has 3 aromatic rings. The minimum Gasteiger partial charge on any atom is -0.492 e. The molecule has 7 nitrogen and oxygen atoms in total. The molecule has 1 aromatic heterocycles. The molecular weight excluding hydrogens is 509 g/mol. The van der Waals surface area contributed by atoms with Crippen molar-refractivity contribution in [2.45, 2.75) is 26.4 Å². The number of pyridine rings is 1. The molecule has 1 N–H and O–H groups in total. The maximum absolute atomic E-state index is 13.8. The van der Waals surface area contributed by atoms with Crippen molar-refractivity contribution in [3.63, 3.8) is 0 Å². The molecule has 2 amide bonds. The molecule has 10 heteroatoms. The summed E-state index contributed by atoms with van der Waals surface area (Å²) in [7, 11) is 0. The minimum absolute atomic E-state index is 0.0301. The normalized spacial score (nSPS) is 13.8. The van der Waals surface area contributed by atoms with Gasteiger partial charge in [0.25, 0.3) is 11.8 Å². The van der Waals surface area contributed by atoms with Crippen molar-refractivity contribution in [1.82, 2.24) is 15.2 Å². The maximum Gasteiger partial charge on any atom is 0.416 e. The first-order valence-corrected chi connectivity index (χ1v) is 12.9. The minimum atomic E-state index is -4.62. The van der Waals surface area contributed by atoms with Gasteiger partial charge in [-0.3, -0.25) is 14.6 Å². The Labute approximate surface area is 225 Å². The lowest BCUT2D eigenvalue weighted by Gasteiger charge is -2.36. The summed E-state index contributed by atoms with van der Waals surface area (Å²) in [5, 5.41) is 2.84. The third-order valence-corrected chi connectivity index (χ3v) is 6.46. The van der Waals surface area contributed by atoms with Crippen LogP contribution in [-0.4, -0.2) is 61.0 Å². The summed E-state index contributed by atoms with van der Waals surface area (Å²) in [5.74, 6) is -0.149. The average molecular weight is 541 g/mol. The second-order valence-electron chi connectivity index (χ2n) is 9.22. The highest BCUT2D eigenvalue weighted by Gasteiger charge is 2.33. The Balaban J connectivity index is 1.49. The average Bonchev–Trinajstić information content (AvgIpc) is 2.95. The van der Waals surface area contributed by atoms with Crippen LogP contribution in [0.3, 0.4) is 0 Å². The Morgan fingerprint density at radius 3 is 2.28 bits per heavy atom. The quantitative estimate of drug-likeness (QED) is 0.422. The summed E-state index contributed by atoms with van der Waals surface area (Å²) in [6.07, 6.45) is -0.827. The van der Waals surface area contributed by atoms with Crippen LogP contribution in [0.4, 0.5) is 18.9 Å². The molecule has 0 aliphatic carbocycles. The van der Waals surface area contributed by atoms with Crippen LogP contribution in [0.25, 0.3) is 11.1 Å². The fraction of sp³-hybridized carbons (Fsp3) is 0.345. The standard InChI is InChI=1S/C29H31F3N4O3/c1-3-9-34-27(37)20-5-7-25(8-6-20)35-10-12-36(13-11-35)28(38)22-14-21(15-24(16-22)29(30,31)32)23-17-26(39-4-2)19-33-18-23/h5-8,14-19H,3-4,9-13H2,1-2H3,(H,34,37). The molecule has 4 rings (SSSR count). The molecule has 0 saturated carbocycles. The molecule has 0 spiro atoms. The molecule has 0 bridgehead atoms. The third kappa shape index (κ3) is 6.87. The third-order valence-electron chi connectivity index (χ3n) is 6.46. The van der Waals surface area contributed by atoms with Crippen LogP contribution in [0.5, 0.6) is 5.75 Å². The Hall–Kier alpha value is -4.08. The number of carbonyl (C=O) groups is 2. The number of aromatic nitrogens is 1. The highest BCUT2D eigenvalue weighted by molar-refractivity contribution is 5.96. The van der Waals surface area contributed by atoms with E-state index < -0.39 is 17.6 Å². The van der Waals surface area contributed by atoms with E-state index in [1.54, 1.807) is 30.0 Å². The fourth-order valence-corrected chi connectivity index (χ4v) is 4.42. The predicted octanol–water partition coefficient (Wildman–Crippen LogP) is 5.27. The van der Waals surface area contributed by atoms with Crippen LogP contribution < -0.4 is 15.0 Å². The fourth-order valence-electron chi connectivity index (χ4n) is 4.42. The number of rotatable bonds is 8. The van der Waals surface area contributed by atoms with E-state index in [2.05, 4.69) is 15.2 Å². The maximum atomic E-state index is 13.8. The number of piperazine rings is 1. The van der Waals surface area contributed by atoms with E-state index in [-0.39, 0.29) is 17.0 Å². The van der Waals surface area contributed by atoms with Crippen molar-refractivity contribution in [3.05, 3.63) is 77.6 Å². The molecule has 0 atom stereocenters. The number of nitrogens with one attached hydrogen (secondary N) is 1. The van der Waals surface area contributed by atoms with Gasteiger partial charge < -0.3 is 19.9 Å². The van der Waals surface area contributed by atoms with Gasteiger partial charge in [-0.2, -0.15) is 13.2 Å². The zero-order chi connectivity index (χ0) is 28.0. The summed E-state index contributed by atoms with van der Waals surface area (Å²) < 4.78 is 46.7. The lowest BCUT2D eigenvalue weighted by molar-refractivity contribution is -0.137. The van der Waals surface area contributed by atoms with Gasteiger partial charge in [0.1, 0.15) is 5.75 Å². The second kappa shape index (κ2) is 12.2. The first kappa shape index (κ1) is 27.9. The SMILES string of the molecule is CCCNC(=O)c1ccc(N2CCN(C(=O)c3cc(-c4cncc(OCC)c4)cc(C(F)(F)F)c3)CC2)cc1. The molecule has 1 saturated heterocycles. The van der Waals surface area contributed by atoms with E-state index in [1.165, 1.54) is 18.5 Å². The molecule has 0 unspecified atom stereocenters. The van der Waals surface area contributed by atoms with E-state index in [0.29, 0.717) is 56.2 Å². The lowest BCUT2D eigenvalue weighted by atomic mass is 9.99. The molecule has 2 heterocycles. The van der Waals surface area contributed by atoms with Gasteiger partial charge >= 0.3 is 6.18 Å². The summed E-state index contributed by atoms with van der Waals surface area (Å²) in [6, 6.07) is 12.3. The van der Waals surface area contributed by atoms with Crippen LogP contribution in [0.2, 0.25) is 0 Å². The number of anilines is 1. The number of benzene rings is 2. The van der Waals surface area contributed by atoms with E-state index >= 15 is 0 Å². The number of ether oxygens (including phenoxy) is 1. The zero-order valence-electron chi connectivity index (χ0n) is 21.9. The van der Waals surface area contributed by atoms with E-state index in [0.717, 1.165) is 24.2 Å². The van der Waals surface area contributed by atoms with Gasteiger partial charge in [0.05, 0.1) is 18.4 Å². The van der Waals surface area contributed by atoms with Crippen molar-refractivity contribution >= 4 is 17.5 Å². The topological polar surface area (TPSA) is 74.8 Å². The number of nitrogens with zero attached hydrogens (tertiary/aromatic N) is 3. The number of hydrogen-bond acceptors (Lipinski definition) is 5. The van der Waals surface area contributed by atoms with Crippen molar-refractivity contribution in [3.8, 4) is 16.9 Å². The smallest absolute Gasteiger partial charge is 0.416 e. The van der Waals surface area contributed by atoms with E-state index in [1.807, 2.05) is 19.1 Å². The van der Waals surface area contributed by atoms with E-state index in [9.17, 15) is 22.8 Å². The van der Waals surface area contributed by atoms with Crippen LogP contribution in [0.1, 0.15) is 46.5 Å². The molecular formula is C29H31F3N4O3. The van der Waals surface area contributed by atoms with E-state index in [4.69, 9.17) is 4.74 Å². The van der Waals surface area contributed by atoms with Gasteiger partial charge in [-0.15, -0.1) is 0 Å². The van der Waals surface area contributed by atoms with Gasteiger partial charge in [-0.25, -0.2) is 0 Å². The Bertz CT molecular complexity index is 1300. The highest BCUT2D eigenvalue weighted by atomic mass is 19.4. The molecule has 1 aliphatic rings. The van der Waals surface area contributed by atoms with Gasteiger partial charge in [-0.05, 0) is 67.4 Å². The van der Waals surface area contributed by atoms with Gasteiger partial charge in [0.15, 0.2) is 0 Å². The summed E-state index contributed by atoms with van der Waals surface area (Å²) in [6.45, 7) is 6.52. The van der Waals surface area contributed by atoms with Crippen molar-refractivity contribution in [1.29, 1.82) is 0 Å². The predicted molar refractivity (Wildman–Crippen MR) is 143 cm³/mol. The van der Waals surface area contributed by atoms with Crippen LogP contribution in [0, 0.1) is 0 Å². The van der Waals surface area contributed by atoms with Crippen molar-refractivity contribution in [2.75, 3.05) is 44.2 Å². The largest absolute Gasteiger partial charge is 0.492 e. The Kier molecular flexibility index (Phi) is 8.73. The number of hydrogen-bond donors (Lipinski definition) is 1. The highest BCUT2D eigenvalue weighted by Crippen LogP contribution is 2.34. The molecule has 2 aromatic carbocycles. The monoisotopic (exact) mass is 540 g/mol. The molecule has 206 valence electrons. The summed E-state index contributed by atoms with van der Waals surface area (Å²) in [4.78, 5) is 33.2. The van der Waals surface area contributed by atoms with Crippen molar-refractivity contribution in [2.24, 2.45) is 0 Å². The zero-order valence-corrected chi connectivity index (χ0v) is 21.9. The summed E-state index contributed by atoms with van der Waals surface area (Å²) in [5.41, 5.74) is 1.23. The van der Waals surface area contributed by atoms with Gasteiger partial charge in [0.2, 0.25) is 0 Å². The van der Waals surface area contributed by atoms with Crippen LogP contribution in [0.15, 0.2) is 60.9 Å². The number of amides is 2. The molecule has 1 aliphatic heterocycles. The molecule has 1 fully saturated rings. The van der Waals surface area contributed by atoms with Crippen LogP contribution in [-0.2, 0) is 6.18 Å². The van der Waals surface area contributed by atoms with Crippen molar-refractivity contribution < 1.29 is 27.5 Å². The Morgan fingerprint density at radius 1 is 0.923 bits per heavy atom. The number of carbonyl (C=O) groups excluding carboxylic acids is 2. The first-order valence-electron chi connectivity index (χ1n) is 12.9. The summed E-state index contributed by atoms with van der Waals surface area (Å²) >= 11 is 0. The second-order valence-corrected chi connectivity index (χ2v) is 9.22. The van der Waals surface area contributed by atoms with Gasteiger partial charge in [0, 0.05) is 61.3 Å². The first-order chi connectivity index (χ1) is 18.7. The molecule has 0 radical (unpaired) electrons. The van der Waals surface area contributed by atoms with Gasteiger partial charge in [-0.1, -0.05) is 6.92 Å². The number of alkyl halides is 3. The van der Waals surface area contributed by atoms with Crippen LogP contribution >= 0.6 is 0 Å². The Morgan fingerprint density at radius 2 is 1.64 bits per heavy atom. The number of halogens is 3. The molecule has 39 heavy (non-hydrogen) atoms.